The maximum atomic E-state index is 14.0. The second-order valence-corrected chi connectivity index (χ2v) is 14.4. The monoisotopic (exact) mass is 585 g/mol. The van der Waals surface area contributed by atoms with E-state index < -0.39 is 26.7 Å². The molecule has 0 bridgehead atoms. The number of sulfone groups is 1. The van der Waals surface area contributed by atoms with Crippen molar-refractivity contribution in [1.29, 1.82) is 5.26 Å². The van der Waals surface area contributed by atoms with Crippen LogP contribution in [0.1, 0.15) is 50.3 Å². The number of halogens is 1. The molecule has 2 aromatic rings. The second kappa shape index (κ2) is 10.2. The van der Waals surface area contributed by atoms with E-state index in [4.69, 9.17) is 16.7 Å². The van der Waals surface area contributed by atoms with Crippen LogP contribution in [-0.2, 0) is 14.6 Å². The molecule has 10 nitrogen and oxygen atoms in total. The van der Waals surface area contributed by atoms with Crippen molar-refractivity contribution in [2.75, 3.05) is 49.6 Å². The molecule has 1 N–H and O–H groups in total. The van der Waals surface area contributed by atoms with E-state index in [1.807, 2.05) is 28.6 Å². The summed E-state index contributed by atoms with van der Waals surface area (Å²) in [4.78, 5) is 20.0. The molecule has 4 fully saturated rings. The lowest BCUT2D eigenvalue weighted by Crippen LogP contribution is -2.48. The van der Waals surface area contributed by atoms with Gasteiger partial charge in [0, 0.05) is 44.5 Å². The number of amides is 1. The van der Waals surface area contributed by atoms with Crippen LogP contribution >= 0.6 is 11.6 Å². The standard InChI is InChI=1S/C28H36ClN7O3S/c1-19-14-26(36(32-19)20-4-3-5-20)35-17-22(16-24(35)27(37)31-28(18-30)8-9-28)40(38,39)25-7-6-21(15-23(25)29)34-12-10-33(2)11-13-34/h6-7,14-15,20,22,24H,3-5,8-13,16-17H2,1-2H3,(H,31,37). The minimum absolute atomic E-state index is 0.0948. The highest BCUT2D eigenvalue weighted by molar-refractivity contribution is 7.92. The topological polar surface area (TPSA) is 115 Å². The van der Waals surface area contributed by atoms with Crippen LogP contribution in [-0.4, -0.2) is 85.6 Å². The van der Waals surface area contributed by atoms with E-state index in [1.54, 1.807) is 12.1 Å². The van der Waals surface area contributed by atoms with Gasteiger partial charge in [-0.1, -0.05) is 11.6 Å². The van der Waals surface area contributed by atoms with Crippen molar-refractivity contribution >= 4 is 38.9 Å². The van der Waals surface area contributed by atoms with Gasteiger partial charge in [0.2, 0.25) is 5.91 Å². The molecule has 40 heavy (non-hydrogen) atoms. The summed E-state index contributed by atoms with van der Waals surface area (Å²) in [5, 5.41) is 16.6. The Labute approximate surface area is 240 Å². The first kappa shape index (κ1) is 27.4. The van der Waals surface area contributed by atoms with Crippen LogP contribution in [0.3, 0.4) is 0 Å². The van der Waals surface area contributed by atoms with Gasteiger partial charge in [0.25, 0.3) is 0 Å². The molecular formula is C28H36ClN7O3S. The molecule has 2 saturated heterocycles. The molecule has 0 radical (unpaired) electrons. The average Bonchev–Trinajstić information content (AvgIpc) is 3.34. The molecule has 4 aliphatic rings. The Bertz CT molecular complexity index is 1450. The van der Waals surface area contributed by atoms with Crippen LogP contribution in [0.2, 0.25) is 5.02 Å². The molecule has 1 aromatic heterocycles. The zero-order valence-electron chi connectivity index (χ0n) is 23.0. The minimum atomic E-state index is -3.86. The van der Waals surface area contributed by atoms with Crippen LogP contribution in [0, 0.1) is 18.3 Å². The van der Waals surface area contributed by atoms with Crippen molar-refractivity contribution in [2.24, 2.45) is 0 Å². The Hall–Kier alpha value is -2.81. The van der Waals surface area contributed by atoms with Gasteiger partial charge >= 0.3 is 0 Å². The zero-order valence-corrected chi connectivity index (χ0v) is 24.6. The van der Waals surface area contributed by atoms with Crippen LogP contribution in [0.25, 0.3) is 0 Å². The molecule has 2 saturated carbocycles. The first-order valence-electron chi connectivity index (χ1n) is 14.1. The number of carbonyl (C=O) groups excluding carboxylic acids is 1. The fourth-order valence-corrected chi connectivity index (χ4v) is 8.25. The molecule has 1 aromatic carbocycles. The number of likely N-dealkylation sites (N-methyl/N-ethyl adjacent to an activating group) is 1. The van der Waals surface area contributed by atoms with E-state index in [-0.39, 0.29) is 34.8 Å². The van der Waals surface area contributed by atoms with Gasteiger partial charge in [-0.25, -0.2) is 13.1 Å². The van der Waals surface area contributed by atoms with E-state index in [2.05, 4.69) is 28.2 Å². The fraction of sp³-hybridized carbons (Fsp3) is 0.607. The van der Waals surface area contributed by atoms with Crippen LogP contribution in [0.4, 0.5) is 11.5 Å². The van der Waals surface area contributed by atoms with E-state index in [0.29, 0.717) is 12.8 Å². The number of nitrogens with zero attached hydrogens (tertiary/aromatic N) is 6. The number of hydrogen-bond acceptors (Lipinski definition) is 8. The largest absolute Gasteiger partial charge is 0.369 e. The third-order valence-electron chi connectivity index (χ3n) is 8.97. The van der Waals surface area contributed by atoms with Crippen LogP contribution < -0.4 is 15.1 Å². The van der Waals surface area contributed by atoms with Gasteiger partial charge in [0.1, 0.15) is 17.4 Å². The fourth-order valence-electron chi connectivity index (χ4n) is 6.01. The van der Waals surface area contributed by atoms with Gasteiger partial charge in [-0.2, -0.15) is 10.4 Å². The molecule has 2 aliphatic carbocycles. The Balaban J connectivity index is 1.29. The van der Waals surface area contributed by atoms with Gasteiger partial charge in [-0.15, -0.1) is 0 Å². The van der Waals surface area contributed by atoms with Crippen LogP contribution in [0.5, 0.6) is 0 Å². The maximum absolute atomic E-state index is 14.0. The molecular weight excluding hydrogens is 550 g/mol. The normalized spacial score (nSPS) is 24.9. The Morgan fingerprint density at radius 2 is 1.90 bits per heavy atom. The molecule has 12 heteroatoms. The molecule has 2 aliphatic heterocycles. The second-order valence-electron chi connectivity index (χ2n) is 11.8. The van der Waals surface area contributed by atoms with Gasteiger partial charge in [-0.3, -0.25) is 4.79 Å². The highest BCUT2D eigenvalue weighted by atomic mass is 35.5. The molecule has 214 valence electrons. The molecule has 2 atom stereocenters. The summed E-state index contributed by atoms with van der Waals surface area (Å²) in [6, 6.07) is 8.85. The van der Waals surface area contributed by atoms with Gasteiger partial charge in [0.05, 0.1) is 33.0 Å². The highest BCUT2D eigenvalue weighted by Crippen LogP contribution is 2.41. The summed E-state index contributed by atoms with van der Waals surface area (Å²) in [6.45, 7) is 5.63. The number of carbonyl (C=O) groups is 1. The van der Waals surface area contributed by atoms with Crippen molar-refractivity contribution in [3.63, 3.8) is 0 Å². The average molecular weight is 586 g/mol. The Morgan fingerprint density at radius 3 is 2.50 bits per heavy atom. The third-order valence-corrected chi connectivity index (χ3v) is 11.6. The van der Waals surface area contributed by atoms with Gasteiger partial charge in [0.15, 0.2) is 9.84 Å². The van der Waals surface area contributed by atoms with E-state index >= 15 is 0 Å². The summed E-state index contributed by atoms with van der Waals surface area (Å²) < 4.78 is 30.0. The number of aryl methyl sites for hydroxylation is 1. The van der Waals surface area contributed by atoms with Crippen molar-refractivity contribution in [1.82, 2.24) is 20.0 Å². The molecule has 2 unspecified atom stereocenters. The maximum Gasteiger partial charge on any atom is 0.244 e. The van der Waals surface area contributed by atoms with Crippen molar-refractivity contribution < 1.29 is 13.2 Å². The first-order valence-corrected chi connectivity index (χ1v) is 16.1. The summed E-state index contributed by atoms with van der Waals surface area (Å²) in [6.07, 6.45) is 4.47. The van der Waals surface area contributed by atoms with Gasteiger partial charge in [-0.05, 0) is 70.7 Å². The zero-order chi connectivity index (χ0) is 28.2. The van der Waals surface area contributed by atoms with Crippen LogP contribution in [0.15, 0.2) is 29.2 Å². The smallest absolute Gasteiger partial charge is 0.244 e. The number of aromatic nitrogens is 2. The molecule has 1 amide bonds. The lowest BCUT2D eigenvalue weighted by atomic mass is 9.93. The summed E-state index contributed by atoms with van der Waals surface area (Å²) >= 11 is 6.64. The number of hydrogen-bond donors (Lipinski definition) is 1. The minimum Gasteiger partial charge on any atom is -0.369 e. The van der Waals surface area contributed by atoms with Crippen molar-refractivity contribution in [3.8, 4) is 6.07 Å². The quantitative estimate of drug-likeness (QED) is 0.527. The number of rotatable bonds is 7. The predicted molar refractivity (Wildman–Crippen MR) is 153 cm³/mol. The number of nitrogens with one attached hydrogen (secondary N) is 1. The van der Waals surface area contributed by atoms with Gasteiger partial charge < -0.3 is 20.0 Å². The molecule has 6 rings (SSSR count). The molecule has 3 heterocycles. The predicted octanol–water partition coefficient (Wildman–Crippen LogP) is 2.92. The summed E-state index contributed by atoms with van der Waals surface area (Å²) in [7, 11) is -1.77. The number of piperazine rings is 1. The third kappa shape index (κ3) is 4.95. The Kier molecular flexibility index (Phi) is 7.00. The van der Waals surface area contributed by atoms with Crippen molar-refractivity contribution in [2.45, 2.75) is 73.2 Å². The lowest BCUT2D eigenvalue weighted by Gasteiger charge is -2.34. The lowest BCUT2D eigenvalue weighted by molar-refractivity contribution is -0.122. The SMILES string of the molecule is Cc1cc(N2CC(S(=O)(=O)c3ccc(N4CCN(C)CC4)cc3Cl)CC2C(=O)NC2(C#N)CC2)n(C2CCC2)n1. The first-order chi connectivity index (χ1) is 19.1. The van der Waals surface area contributed by atoms with E-state index in [0.717, 1.165) is 62.6 Å². The summed E-state index contributed by atoms with van der Waals surface area (Å²) in [5.41, 5.74) is 0.894. The van der Waals surface area contributed by atoms with Crippen molar-refractivity contribution in [3.05, 3.63) is 35.0 Å². The highest BCUT2D eigenvalue weighted by Gasteiger charge is 2.50. The number of nitriles is 1. The Morgan fingerprint density at radius 1 is 1.18 bits per heavy atom. The number of benzene rings is 1. The van der Waals surface area contributed by atoms with E-state index in [9.17, 15) is 18.5 Å². The molecule has 0 spiro atoms. The summed E-state index contributed by atoms with van der Waals surface area (Å²) in [5.74, 6) is 0.450. The van der Waals surface area contributed by atoms with E-state index in [1.165, 1.54) is 0 Å². The number of anilines is 2.